The number of esters is 1. The largest absolute Gasteiger partial charge is 0.462 e. The number of ether oxygens (including phenoxy) is 1. The van der Waals surface area contributed by atoms with Crippen molar-refractivity contribution in [2.24, 2.45) is 0 Å². The molecule has 0 amide bonds. The molecule has 0 aliphatic heterocycles. The molecule has 0 N–H and O–H groups in total. The molecule has 0 unspecified atom stereocenters. The first-order valence-corrected chi connectivity index (χ1v) is 7.22. The van der Waals surface area contributed by atoms with Gasteiger partial charge in [-0.2, -0.15) is 0 Å². The molecule has 0 aromatic carbocycles. The van der Waals surface area contributed by atoms with Crippen molar-refractivity contribution in [2.45, 2.75) is 52.9 Å². The highest BCUT2D eigenvalue weighted by atomic mass is 16.5. The summed E-state index contributed by atoms with van der Waals surface area (Å²) in [5.74, 6) is -0.241. The van der Waals surface area contributed by atoms with E-state index in [4.69, 9.17) is 4.74 Å². The Balaban J connectivity index is 4.10. The van der Waals surface area contributed by atoms with Crippen molar-refractivity contribution in [3.63, 3.8) is 0 Å². The molecule has 0 radical (unpaired) electrons. The van der Waals surface area contributed by atoms with Crippen LogP contribution in [0, 0.1) is 0 Å². The van der Waals surface area contributed by atoms with Gasteiger partial charge in [-0.15, -0.1) is 0 Å². The Kier molecular flexibility index (Phi) is 10.8. The second kappa shape index (κ2) is 11.3. The van der Waals surface area contributed by atoms with Gasteiger partial charge in [0.25, 0.3) is 0 Å². The van der Waals surface area contributed by atoms with Crippen LogP contribution >= 0.6 is 0 Å². The summed E-state index contributed by atoms with van der Waals surface area (Å²) in [4.78, 5) is 13.9. The van der Waals surface area contributed by atoms with E-state index < -0.39 is 0 Å². The zero-order valence-electron chi connectivity index (χ0n) is 12.3. The Hall–Kier alpha value is -0.830. The molecule has 0 aromatic rings. The molecular formula is C15H29NO2. The van der Waals surface area contributed by atoms with E-state index in [1.165, 1.54) is 25.7 Å². The molecular weight excluding hydrogens is 226 g/mol. The fourth-order valence-electron chi connectivity index (χ4n) is 1.66. The van der Waals surface area contributed by atoms with Crippen LogP contribution < -0.4 is 0 Å². The average molecular weight is 255 g/mol. The van der Waals surface area contributed by atoms with E-state index in [0.717, 1.165) is 19.5 Å². The number of carbonyl (C=O) groups is 1. The average Bonchev–Trinajstić information content (AvgIpc) is 2.38. The van der Waals surface area contributed by atoms with Gasteiger partial charge in [0, 0.05) is 12.1 Å². The summed E-state index contributed by atoms with van der Waals surface area (Å²) in [7, 11) is 0. The standard InChI is InChI=1S/C15H29NO2/c1-5-8-10-16(11-9-6-2)13-14(4)15(17)18-12-7-3/h4-13H2,1-3H3. The Morgan fingerprint density at radius 2 is 1.61 bits per heavy atom. The summed E-state index contributed by atoms with van der Waals surface area (Å²) in [6, 6.07) is 0. The van der Waals surface area contributed by atoms with Crippen LogP contribution in [0.25, 0.3) is 0 Å². The Morgan fingerprint density at radius 3 is 2.06 bits per heavy atom. The summed E-state index contributed by atoms with van der Waals surface area (Å²) in [6.45, 7) is 13.4. The third-order valence-electron chi connectivity index (χ3n) is 2.80. The zero-order valence-corrected chi connectivity index (χ0v) is 12.3. The fraction of sp³-hybridized carbons (Fsp3) is 0.800. The number of carbonyl (C=O) groups excluding carboxylic acids is 1. The molecule has 0 saturated carbocycles. The SMILES string of the molecule is C=C(CN(CCCC)CCCC)C(=O)OCCC. The van der Waals surface area contributed by atoms with Crippen molar-refractivity contribution in [1.82, 2.24) is 4.90 Å². The maximum atomic E-state index is 11.6. The minimum absolute atomic E-state index is 0.241. The second-order valence-electron chi connectivity index (χ2n) is 4.72. The van der Waals surface area contributed by atoms with Gasteiger partial charge in [0.05, 0.1) is 6.61 Å². The maximum Gasteiger partial charge on any atom is 0.334 e. The molecule has 0 aliphatic rings. The number of nitrogens with zero attached hydrogens (tertiary/aromatic N) is 1. The van der Waals surface area contributed by atoms with Gasteiger partial charge >= 0.3 is 5.97 Å². The molecule has 3 nitrogen and oxygen atoms in total. The molecule has 0 aliphatic carbocycles. The normalized spacial score (nSPS) is 10.7. The fourth-order valence-corrected chi connectivity index (χ4v) is 1.66. The minimum Gasteiger partial charge on any atom is -0.462 e. The number of unbranched alkanes of at least 4 members (excludes halogenated alkanes) is 2. The van der Waals surface area contributed by atoms with Gasteiger partial charge in [-0.25, -0.2) is 4.79 Å². The van der Waals surface area contributed by atoms with Gasteiger partial charge < -0.3 is 4.74 Å². The van der Waals surface area contributed by atoms with Crippen LogP contribution in [0.15, 0.2) is 12.2 Å². The van der Waals surface area contributed by atoms with Crippen molar-refractivity contribution < 1.29 is 9.53 Å². The first-order chi connectivity index (χ1) is 8.65. The first-order valence-electron chi connectivity index (χ1n) is 7.22. The lowest BCUT2D eigenvalue weighted by Crippen LogP contribution is -2.30. The van der Waals surface area contributed by atoms with Gasteiger partial charge in [-0.3, -0.25) is 4.90 Å². The van der Waals surface area contributed by atoms with Crippen molar-refractivity contribution in [2.75, 3.05) is 26.2 Å². The van der Waals surface area contributed by atoms with Crippen LogP contribution in [-0.2, 0) is 9.53 Å². The smallest absolute Gasteiger partial charge is 0.334 e. The van der Waals surface area contributed by atoms with Crippen molar-refractivity contribution in [3.05, 3.63) is 12.2 Å². The van der Waals surface area contributed by atoms with E-state index in [1.807, 2.05) is 6.92 Å². The molecule has 0 rings (SSSR count). The Morgan fingerprint density at radius 1 is 1.06 bits per heavy atom. The third-order valence-corrected chi connectivity index (χ3v) is 2.80. The molecule has 3 heteroatoms. The number of hydrogen-bond acceptors (Lipinski definition) is 3. The number of rotatable bonds is 11. The minimum atomic E-state index is -0.241. The van der Waals surface area contributed by atoms with Crippen LogP contribution in [0.5, 0.6) is 0 Å². The molecule has 0 heterocycles. The maximum absolute atomic E-state index is 11.6. The molecule has 0 aromatic heterocycles. The van der Waals surface area contributed by atoms with Gasteiger partial charge in [0.2, 0.25) is 0 Å². The summed E-state index contributed by atoms with van der Waals surface area (Å²) in [6.07, 6.45) is 5.54. The zero-order chi connectivity index (χ0) is 13.8. The monoisotopic (exact) mass is 255 g/mol. The third kappa shape index (κ3) is 8.29. The molecule has 0 atom stereocenters. The summed E-state index contributed by atoms with van der Waals surface area (Å²) < 4.78 is 5.10. The van der Waals surface area contributed by atoms with Crippen LogP contribution in [0.1, 0.15) is 52.9 Å². The predicted molar refractivity (Wildman–Crippen MR) is 76.6 cm³/mol. The molecule has 18 heavy (non-hydrogen) atoms. The van der Waals surface area contributed by atoms with Crippen molar-refractivity contribution in [3.8, 4) is 0 Å². The summed E-state index contributed by atoms with van der Waals surface area (Å²) in [5.41, 5.74) is 0.579. The lowest BCUT2D eigenvalue weighted by Gasteiger charge is -2.22. The van der Waals surface area contributed by atoms with Crippen LogP contribution in [-0.4, -0.2) is 37.1 Å². The molecule has 0 spiro atoms. The van der Waals surface area contributed by atoms with Gasteiger partial charge in [-0.1, -0.05) is 40.2 Å². The lowest BCUT2D eigenvalue weighted by molar-refractivity contribution is -0.139. The quantitative estimate of drug-likeness (QED) is 0.418. The van der Waals surface area contributed by atoms with E-state index in [-0.39, 0.29) is 5.97 Å². The predicted octanol–water partition coefficient (Wildman–Crippen LogP) is 3.40. The summed E-state index contributed by atoms with van der Waals surface area (Å²) >= 11 is 0. The van der Waals surface area contributed by atoms with E-state index in [1.54, 1.807) is 0 Å². The van der Waals surface area contributed by atoms with Crippen molar-refractivity contribution in [1.29, 1.82) is 0 Å². The van der Waals surface area contributed by atoms with Crippen LogP contribution in [0.4, 0.5) is 0 Å². The van der Waals surface area contributed by atoms with E-state index in [2.05, 4.69) is 25.3 Å². The Labute approximate surface area is 112 Å². The lowest BCUT2D eigenvalue weighted by atomic mass is 10.2. The highest BCUT2D eigenvalue weighted by Crippen LogP contribution is 2.05. The molecule has 106 valence electrons. The highest BCUT2D eigenvalue weighted by molar-refractivity contribution is 5.88. The molecule has 0 saturated heterocycles. The van der Waals surface area contributed by atoms with Gasteiger partial charge in [0.1, 0.15) is 0 Å². The Bertz CT molecular complexity index is 231. The summed E-state index contributed by atoms with van der Waals surface area (Å²) in [5, 5.41) is 0. The highest BCUT2D eigenvalue weighted by Gasteiger charge is 2.12. The van der Waals surface area contributed by atoms with Crippen LogP contribution in [0.3, 0.4) is 0 Å². The van der Waals surface area contributed by atoms with E-state index >= 15 is 0 Å². The van der Waals surface area contributed by atoms with Gasteiger partial charge in [-0.05, 0) is 32.4 Å². The van der Waals surface area contributed by atoms with Gasteiger partial charge in [0.15, 0.2) is 0 Å². The second-order valence-corrected chi connectivity index (χ2v) is 4.72. The van der Waals surface area contributed by atoms with E-state index in [9.17, 15) is 4.79 Å². The van der Waals surface area contributed by atoms with Crippen LogP contribution in [0.2, 0.25) is 0 Å². The van der Waals surface area contributed by atoms with E-state index in [0.29, 0.717) is 18.7 Å². The first kappa shape index (κ1) is 17.2. The molecule has 0 bridgehead atoms. The topological polar surface area (TPSA) is 29.5 Å². The van der Waals surface area contributed by atoms with Crippen molar-refractivity contribution >= 4 is 5.97 Å². The molecule has 0 fully saturated rings. The number of hydrogen-bond donors (Lipinski definition) is 0.